The third-order valence-electron chi connectivity index (χ3n) is 3.77. The Morgan fingerprint density at radius 3 is 2.36 bits per heavy atom. The van der Waals surface area contributed by atoms with Crippen LogP contribution >= 0.6 is 0 Å². The monoisotopic (exact) mass is 340 g/mol. The number of hydrogen-bond acceptors (Lipinski definition) is 5. The fourth-order valence-electron chi connectivity index (χ4n) is 2.51. The Kier molecular flexibility index (Phi) is 4.65. The van der Waals surface area contributed by atoms with Crippen molar-refractivity contribution in [3.63, 3.8) is 0 Å². The molecule has 0 bridgehead atoms. The Hall–Kier alpha value is -3.35. The summed E-state index contributed by atoms with van der Waals surface area (Å²) < 4.78 is 9.71. The van der Waals surface area contributed by atoms with Gasteiger partial charge in [-0.15, -0.1) is 0 Å². The van der Waals surface area contributed by atoms with Crippen LogP contribution < -0.4 is 10.6 Å². The molecule has 0 spiro atoms. The molecule has 1 atom stereocenters. The third kappa shape index (κ3) is 3.77. The van der Waals surface area contributed by atoms with Crippen LogP contribution in [0.25, 0.3) is 0 Å². The molecule has 7 nitrogen and oxygen atoms in total. The molecule has 2 aromatic carbocycles. The van der Waals surface area contributed by atoms with Gasteiger partial charge in [0, 0.05) is 17.8 Å². The minimum atomic E-state index is -0.879. The van der Waals surface area contributed by atoms with E-state index >= 15 is 0 Å². The van der Waals surface area contributed by atoms with Gasteiger partial charge in [0.05, 0.1) is 12.7 Å². The molecule has 3 rings (SSSR count). The summed E-state index contributed by atoms with van der Waals surface area (Å²) in [5, 5.41) is 5.21. The molecular weight excluding hydrogens is 324 g/mol. The van der Waals surface area contributed by atoms with Crippen molar-refractivity contribution < 1.29 is 23.9 Å². The number of hydrogen-bond donors (Lipinski definition) is 2. The number of nitrogens with one attached hydrogen (secondary N) is 2. The van der Waals surface area contributed by atoms with E-state index in [9.17, 15) is 14.4 Å². The molecule has 7 heteroatoms. The second-order valence-electron chi connectivity index (χ2n) is 5.44. The van der Waals surface area contributed by atoms with Crippen molar-refractivity contribution in [2.24, 2.45) is 0 Å². The zero-order valence-corrected chi connectivity index (χ0v) is 13.4. The van der Waals surface area contributed by atoms with E-state index in [-0.39, 0.29) is 0 Å². The Morgan fingerprint density at radius 1 is 1.04 bits per heavy atom. The van der Waals surface area contributed by atoms with Crippen LogP contribution in [-0.4, -0.2) is 31.2 Å². The number of fused-ring (bicyclic) bond motifs is 1. The molecule has 2 amide bonds. The molecule has 0 unspecified atom stereocenters. The van der Waals surface area contributed by atoms with E-state index in [0.717, 1.165) is 5.56 Å². The van der Waals surface area contributed by atoms with Gasteiger partial charge in [-0.1, -0.05) is 18.2 Å². The number of anilines is 2. The summed E-state index contributed by atoms with van der Waals surface area (Å²) in [5.41, 5.74) is 2.33. The van der Waals surface area contributed by atoms with Crippen molar-refractivity contribution in [1.29, 1.82) is 0 Å². The topological polar surface area (TPSA) is 93.7 Å². The van der Waals surface area contributed by atoms with Gasteiger partial charge in [0.1, 0.15) is 0 Å². The van der Waals surface area contributed by atoms with Crippen LogP contribution in [0.1, 0.15) is 15.9 Å². The van der Waals surface area contributed by atoms with Gasteiger partial charge >= 0.3 is 12.1 Å². The van der Waals surface area contributed by atoms with E-state index in [1.165, 1.54) is 7.11 Å². The molecule has 1 heterocycles. The molecule has 0 aromatic heterocycles. The average Bonchev–Trinajstić information content (AvgIpc) is 2.63. The second-order valence-corrected chi connectivity index (χ2v) is 5.44. The highest BCUT2D eigenvalue weighted by atomic mass is 16.5. The van der Waals surface area contributed by atoms with E-state index in [4.69, 9.17) is 4.74 Å². The largest absolute Gasteiger partial charge is 0.453 e. The maximum atomic E-state index is 12.4. The maximum Gasteiger partial charge on any atom is 0.411 e. The first kappa shape index (κ1) is 16.5. The number of methoxy groups -OCH3 is 1. The molecule has 2 N–H and O–H groups in total. The van der Waals surface area contributed by atoms with Crippen LogP contribution in [0.15, 0.2) is 48.5 Å². The van der Waals surface area contributed by atoms with E-state index in [0.29, 0.717) is 23.4 Å². The highest BCUT2D eigenvalue weighted by Crippen LogP contribution is 2.22. The quantitative estimate of drug-likeness (QED) is 0.838. The first-order chi connectivity index (χ1) is 12.1. The van der Waals surface area contributed by atoms with Gasteiger partial charge in [-0.2, -0.15) is 0 Å². The summed E-state index contributed by atoms with van der Waals surface area (Å²) in [5.74, 6) is -0.906. The SMILES string of the molecule is COC(=O)Nc1ccc(NC(=O)[C@@H]2Cc3ccccc3C(=O)O2)cc1. The van der Waals surface area contributed by atoms with Gasteiger partial charge in [-0.3, -0.25) is 10.1 Å². The van der Waals surface area contributed by atoms with Gasteiger partial charge in [0.2, 0.25) is 0 Å². The second kappa shape index (κ2) is 7.04. The molecule has 1 aliphatic rings. The van der Waals surface area contributed by atoms with Crippen molar-refractivity contribution in [3.8, 4) is 0 Å². The zero-order chi connectivity index (χ0) is 17.8. The number of carbonyl (C=O) groups excluding carboxylic acids is 3. The summed E-state index contributed by atoms with van der Waals surface area (Å²) in [6.45, 7) is 0. The Morgan fingerprint density at radius 2 is 1.68 bits per heavy atom. The summed E-state index contributed by atoms with van der Waals surface area (Å²) >= 11 is 0. The predicted molar refractivity (Wildman–Crippen MR) is 90.4 cm³/mol. The number of cyclic esters (lactones) is 1. The normalized spacial score (nSPS) is 15.6. The van der Waals surface area contributed by atoms with Crippen LogP contribution in [0, 0.1) is 0 Å². The lowest BCUT2D eigenvalue weighted by atomic mass is 9.98. The number of ether oxygens (including phenoxy) is 2. The molecule has 0 fully saturated rings. The zero-order valence-electron chi connectivity index (χ0n) is 13.4. The lowest BCUT2D eigenvalue weighted by Crippen LogP contribution is -2.37. The third-order valence-corrected chi connectivity index (χ3v) is 3.77. The van der Waals surface area contributed by atoms with Crippen molar-refractivity contribution in [2.75, 3.05) is 17.7 Å². The van der Waals surface area contributed by atoms with Gasteiger partial charge in [-0.25, -0.2) is 9.59 Å². The minimum Gasteiger partial charge on any atom is -0.453 e. The minimum absolute atomic E-state index is 0.329. The molecular formula is C18H16N2O5. The summed E-state index contributed by atoms with van der Waals surface area (Å²) in [7, 11) is 1.27. The number of amides is 2. The number of carbonyl (C=O) groups is 3. The molecule has 25 heavy (non-hydrogen) atoms. The molecule has 0 saturated heterocycles. The van der Waals surface area contributed by atoms with Gasteiger partial charge in [0.15, 0.2) is 6.10 Å². The summed E-state index contributed by atoms with van der Waals surface area (Å²) in [4.78, 5) is 35.5. The molecule has 2 aromatic rings. The van der Waals surface area contributed by atoms with E-state index in [1.807, 2.05) is 12.1 Å². The molecule has 128 valence electrons. The molecule has 0 saturated carbocycles. The standard InChI is InChI=1S/C18H16N2O5/c1-24-18(23)20-13-8-6-12(7-9-13)19-16(21)15-10-11-4-2-3-5-14(11)17(22)25-15/h2-9,15H,10H2,1H3,(H,19,21)(H,20,23)/t15-/m0/s1. The predicted octanol–water partition coefficient (Wildman–Crippen LogP) is 2.59. The number of rotatable bonds is 3. The van der Waals surface area contributed by atoms with Crippen LogP contribution in [0.2, 0.25) is 0 Å². The van der Waals surface area contributed by atoms with Gasteiger partial charge in [-0.05, 0) is 35.9 Å². The van der Waals surface area contributed by atoms with Crippen LogP contribution in [0.3, 0.4) is 0 Å². The highest BCUT2D eigenvalue weighted by Gasteiger charge is 2.31. The smallest absolute Gasteiger partial charge is 0.411 e. The van der Waals surface area contributed by atoms with E-state index < -0.39 is 24.1 Å². The van der Waals surface area contributed by atoms with Gasteiger partial charge < -0.3 is 14.8 Å². The van der Waals surface area contributed by atoms with Crippen LogP contribution in [0.4, 0.5) is 16.2 Å². The fourth-order valence-corrected chi connectivity index (χ4v) is 2.51. The lowest BCUT2D eigenvalue weighted by Gasteiger charge is -2.23. The summed E-state index contributed by atoms with van der Waals surface area (Å²) in [6.07, 6.45) is -1.13. The van der Waals surface area contributed by atoms with Crippen molar-refractivity contribution in [3.05, 3.63) is 59.7 Å². The van der Waals surface area contributed by atoms with Crippen LogP contribution in [0.5, 0.6) is 0 Å². The van der Waals surface area contributed by atoms with Crippen LogP contribution in [-0.2, 0) is 20.7 Å². The highest BCUT2D eigenvalue weighted by molar-refractivity contribution is 6.00. The average molecular weight is 340 g/mol. The first-order valence-electron chi connectivity index (χ1n) is 7.61. The van der Waals surface area contributed by atoms with Crippen molar-refractivity contribution >= 4 is 29.3 Å². The maximum absolute atomic E-state index is 12.4. The van der Waals surface area contributed by atoms with E-state index in [1.54, 1.807) is 36.4 Å². The Bertz CT molecular complexity index is 816. The first-order valence-corrected chi connectivity index (χ1v) is 7.61. The number of esters is 1. The van der Waals surface area contributed by atoms with Crippen molar-refractivity contribution in [1.82, 2.24) is 0 Å². The van der Waals surface area contributed by atoms with Gasteiger partial charge in [0.25, 0.3) is 5.91 Å². The molecule has 0 aliphatic carbocycles. The lowest BCUT2D eigenvalue weighted by molar-refractivity contribution is -0.125. The van der Waals surface area contributed by atoms with Crippen molar-refractivity contribution in [2.45, 2.75) is 12.5 Å². The fraction of sp³-hybridized carbons (Fsp3) is 0.167. The Balaban J connectivity index is 1.65. The number of benzene rings is 2. The molecule has 1 aliphatic heterocycles. The van der Waals surface area contributed by atoms with E-state index in [2.05, 4.69) is 15.4 Å². The summed E-state index contributed by atoms with van der Waals surface area (Å²) in [6, 6.07) is 13.6. The Labute approximate surface area is 143 Å². The molecule has 0 radical (unpaired) electrons.